The topological polar surface area (TPSA) is 197 Å². The SMILES string of the molecule is CCCCCCCCC(=O)C[C@@H](CCN)C(=O)N(C)[C@@H]1C(=O)C[C@@H](C)C(=O)N[C@H](C(C)=O)Cc2ccc(OCCN)c(c2)-c2cc1ccc2OCCN. The average molecular weight is 736 g/mol. The van der Waals surface area contributed by atoms with Crippen molar-refractivity contribution in [3.05, 3.63) is 47.5 Å². The van der Waals surface area contributed by atoms with Crippen molar-refractivity contribution >= 4 is 29.2 Å². The van der Waals surface area contributed by atoms with E-state index < -0.39 is 29.8 Å². The molecule has 0 aliphatic carbocycles. The van der Waals surface area contributed by atoms with Crippen molar-refractivity contribution < 1.29 is 33.4 Å². The number of nitrogens with zero attached hydrogens (tertiary/aromatic N) is 1. The highest BCUT2D eigenvalue weighted by atomic mass is 16.5. The maximum atomic E-state index is 14.4. The van der Waals surface area contributed by atoms with E-state index in [0.29, 0.717) is 34.6 Å². The van der Waals surface area contributed by atoms with Gasteiger partial charge in [-0.1, -0.05) is 58.1 Å². The van der Waals surface area contributed by atoms with E-state index in [2.05, 4.69) is 12.2 Å². The number of ether oxygens (including phenoxy) is 2. The molecule has 0 aromatic heterocycles. The number of benzene rings is 2. The molecule has 0 saturated heterocycles. The zero-order valence-electron chi connectivity index (χ0n) is 32.1. The van der Waals surface area contributed by atoms with Gasteiger partial charge in [0.2, 0.25) is 11.8 Å². The van der Waals surface area contributed by atoms with E-state index in [4.69, 9.17) is 26.7 Å². The highest BCUT2D eigenvalue weighted by Crippen LogP contribution is 2.40. The molecule has 2 aromatic carbocycles. The number of amides is 2. The summed E-state index contributed by atoms with van der Waals surface area (Å²) in [6, 6.07) is 8.81. The van der Waals surface area contributed by atoms with Crippen molar-refractivity contribution in [3.63, 3.8) is 0 Å². The number of hydrogen-bond donors (Lipinski definition) is 4. The fourth-order valence-electron chi connectivity index (χ4n) is 6.82. The summed E-state index contributed by atoms with van der Waals surface area (Å²) in [4.78, 5) is 69.4. The van der Waals surface area contributed by atoms with Crippen LogP contribution in [0.25, 0.3) is 11.1 Å². The van der Waals surface area contributed by atoms with Crippen LogP contribution in [0, 0.1) is 11.8 Å². The molecule has 7 N–H and O–H groups in total. The van der Waals surface area contributed by atoms with Gasteiger partial charge in [-0.05, 0) is 68.1 Å². The molecule has 292 valence electrons. The predicted octanol–water partition coefficient (Wildman–Crippen LogP) is 4.43. The zero-order chi connectivity index (χ0) is 38.9. The minimum absolute atomic E-state index is 0.00285. The summed E-state index contributed by atoms with van der Waals surface area (Å²) in [5, 5.41) is 2.84. The number of likely N-dealkylation sites (N-methyl/N-ethyl adjacent to an activating group) is 1. The van der Waals surface area contributed by atoms with Gasteiger partial charge in [-0.15, -0.1) is 0 Å². The maximum Gasteiger partial charge on any atom is 0.226 e. The number of fused-ring (bicyclic) bond motifs is 5. The Morgan fingerprint density at radius 3 is 2.11 bits per heavy atom. The van der Waals surface area contributed by atoms with Crippen molar-refractivity contribution in [2.45, 2.75) is 103 Å². The number of Topliss-reactive ketones (excluding diaryl/α,β-unsaturated/α-hetero) is 3. The molecule has 3 rings (SSSR count). The first-order valence-corrected chi connectivity index (χ1v) is 19.2. The Bertz CT molecular complexity index is 1550. The first-order chi connectivity index (χ1) is 25.4. The highest BCUT2D eigenvalue weighted by molar-refractivity contribution is 5.96. The van der Waals surface area contributed by atoms with Crippen LogP contribution in [0.1, 0.15) is 102 Å². The van der Waals surface area contributed by atoms with Gasteiger partial charge in [0.05, 0.1) is 6.04 Å². The lowest BCUT2D eigenvalue weighted by Gasteiger charge is -2.32. The quantitative estimate of drug-likeness (QED) is 0.141. The first-order valence-electron chi connectivity index (χ1n) is 19.2. The number of carbonyl (C=O) groups is 5. The van der Waals surface area contributed by atoms with Crippen LogP contribution >= 0.6 is 0 Å². The van der Waals surface area contributed by atoms with E-state index in [1.807, 2.05) is 12.1 Å². The summed E-state index contributed by atoms with van der Waals surface area (Å²) in [6.45, 7) is 6.37. The van der Waals surface area contributed by atoms with Gasteiger partial charge in [0.1, 0.15) is 36.5 Å². The van der Waals surface area contributed by atoms with Crippen LogP contribution in [0.5, 0.6) is 11.5 Å². The lowest BCUT2D eigenvalue weighted by molar-refractivity contribution is -0.143. The number of rotatable bonds is 20. The van der Waals surface area contributed by atoms with Gasteiger partial charge in [0, 0.05) is 62.4 Å². The molecule has 0 saturated carbocycles. The van der Waals surface area contributed by atoms with Crippen molar-refractivity contribution in [3.8, 4) is 22.6 Å². The van der Waals surface area contributed by atoms with Crippen LogP contribution in [0.15, 0.2) is 36.4 Å². The summed E-state index contributed by atoms with van der Waals surface area (Å²) < 4.78 is 12.2. The Labute approximate surface area is 314 Å². The molecule has 12 nitrogen and oxygen atoms in total. The normalized spacial score (nSPS) is 18.1. The van der Waals surface area contributed by atoms with Crippen LogP contribution in [0.3, 0.4) is 0 Å². The summed E-state index contributed by atoms with van der Waals surface area (Å²) in [5.41, 5.74) is 20.0. The zero-order valence-corrected chi connectivity index (χ0v) is 32.1. The van der Waals surface area contributed by atoms with Crippen LogP contribution in [-0.2, 0) is 30.4 Å². The van der Waals surface area contributed by atoms with E-state index in [1.165, 1.54) is 18.2 Å². The van der Waals surface area contributed by atoms with Crippen molar-refractivity contribution in [2.75, 3.05) is 39.9 Å². The number of ketones is 3. The number of nitrogens with one attached hydrogen (secondary N) is 1. The summed E-state index contributed by atoms with van der Waals surface area (Å²) in [6.07, 6.45) is 7.00. The van der Waals surface area contributed by atoms with Gasteiger partial charge in [0.25, 0.3) is 0 Å². The standard InChI is InChI=1S/C41H61N5O7/c1-5-6-7-8-9-10-11-32(48)25-31(16-17-42)41(51)46(4)39-30-13-15-38(53-21-19-44)34(26-30)33-23-29(12-14-37(33)52-20-18-43)24-35(28(3)47)45-40(50)27(2)22-36(39)49/h12-15,23,26-27,31,35,39H,5-11,16-22,24-25,42-44H2,1-4H3,(H,45,50)/t27-,31-,35+,39+/m1/s1. The molecule has 2 aromatic rings. The monoisotopic (exact) mass is 735 g/mol. The molecule has 0 spiro atoms. The molecule has 1 aliphatic heterocycles. The van der Waals surface area contributed by atoms with E-state index in [-0.39, 0.29) is 81.8 Å². The molecule has 1 heterocycles. The second-order valence-corrected chi connectivity index (χ2v) is 14.2. The van der Waals surface area contributed by atoms with Gasteiger partial charge >= 0.3 is 0 Å². The Morgan fingerprint density at radius 1 is 0.868 bits per heavy atom. The number of nitrogens with two attached hydrogens (primary N) is 3. The fraction of sp³-hybridized carbons (Fsp3) is 0.585. The number of carbonyl (C=O) groups excluding carboxylic acids is 5. The van der Waals surface area contributed by atoms with E-state index in [0.717, 1.165) is 37.7 Å². The predicted molar refractivity (Wildman–Crippen MR) is 206 cm³/mol. The summed E-state index contributed by atoms with van der Waals surface area (Å²) in [5.74, 6) is -1.97. The van der Waals surface area contributed by atoms with Gasteiger partial charge in [0.15, 0.2) is 11.6 Å². The molecule has 0 radical (unpaired) electrons. The highest BCUT2D eigenvalue weighted by Gasteiger charge is 2.35. The molecular formula is C41H61N5O7. The second-order valence-electron chi connectivity index (χ2n) is 14.2. The Hall–Kier alpha value is -4.13. The number of unbranched alkanes of at least 4 members (excludes halogenated alkanes) is 5. The molecule has 12 heteroatoms. The van der Waals surface area contributed by atoms with Crippen molar-refractivity contribution in [1.29, 1.82) is 0 Å². The summed E-state index contributed by atoms with van der Waals surface area (Å²) >= 11 is 0. The second kappa shape index (κ2) is 22.2. The van der Waals surface area contributed by atoms with Gasteiger partial charge in [-0.3, -0.25) is 24.0 Å². The molecule has 1 aliphatic rings. The third kappa shape index (κ3) is 12.8. The minimum atomic E-state index is -1.11. The fourth-order valence-corrected chi connectivity index (χ4v) is 6.82. The van der Waals surface area contributed by atoms with Crippen molar-refractivity contribution in [1.82, 2.24) is 10.2 Å². The third-order valence-electron chi connectivity index (χ3n) is 9.79. The maximum absolute atomic E-state index is 14.4. The average Bonchev–Trinajstić information content (AvgIpc) is 3.13. The third-order valence-corrected chi connectivity index (χ3v) is 9.79. The van der Waals surface area contributed by atoms with Crippen LogP contribution in [-0.4, -0.2) is 80.0 Å². The molecule has 4 bridgehead atoms. The van der Waals surface area contributed by atoms with Crippen LogP contribution in [0.2, 0.25) is 0 Å². The molecule has 4 atom stereocenters. The molecule has 0 fully saturated rings. The lowest BCUT2D eigenvalue weighted by Crippen LogP contribution is -2.45. The first kappa shape index (κ1) is 43.3. The van der Waals surface area contributed by atoms with Gasteiger partial charge in [-0.2, -0.15) is 0 Å². The van der Waals surface area contributed by atoms with E-state index >= 15 is 0 Å². The minimum Gasteiger partial charge on any atom is -0.492 e. The van der Waals surface area contributed by atoms with Crippen molar-refractivity contribution in [2.24, 2.45) is 29.0 Å². The lowest BCUT2D eigenvalue weighted by atomic mass is 9.88. The van der Waals surface area contributed by atoms with E-state index in [1.54, 1.807) is 38.2 Å². The van der Waals surface area contributed by atoms with Crippen LogP contribution < -0.4 is 32.0 Å². The Morgan fingerprint density at radius 2 is 1.49 bits per heavy atom. The van der Waals surface area contributed by atoms with E-state index in [9.17, 15) is 24.0 Å². The largest absolute Gasteiger partial charge is 0.492 e. The Kier molecular flexibility index (Phi) is 18.1. The Balaban J connectivity index is 2.13. The van der Waals surface area contributed by atoms with Gasteiger partial charge in [-0.25, -0.2) is 0 Å². The molecule has 53 heavy (non-hydrogen) atoms. The smallest absolute Gasteiger partial charge is 0.226 e. The van der Waals surface area contributed by atoms with Gasteiger partial charge < -0.3 is 36.9 Å². The molecular weight excluding hydrogens is 674 g/mol. The number of hydrogen-bond acceptors (Lipinski definition) is 10. The molecule has 0 unspecified atom stereocenters. The molecule has 2 amide bonds. The van der Waals surface area contributed by atoms with Crippen LogP contribution in [0.4, 0.5) is 0 Å². The summed E-state index contributed by atoms with van der Waals surface area (Å²) in [7, 11) is 1.56.